The number of hydrogen-bond acceptors (Lipinski definition) is 4. The average Bonchev–Trinajstić information content (AvgIpc) is 2.65. The minimum atomic E-state index is -3.65. The summed E-state index contributed by atoms with van der Waals surface area (Å²) in [6.45, 7) is 4.46. The Bertz CT molecular complexity index is 802. The van der Waals surface area contributed by atoms with Gasteiger partial charge in [-0.05, 0) is 24.5 Å². The standard InChI is InChI=1S/C20H31N3O2S/c1-4-5-8-16(2)9-6-12-20(21)23(3)26(24,25)19-11-7-10-17-15-22-14-13-18(17)19/h7,10-11,13-16,20H,4-6,8-9,12,21H2,1-3H3. The van der Waals surface area contributed by atoms with Crippen LogP contribution in [0.2, 0.25) is 0 Å². The molecule has 0 amide bonds. The van der Waals surface area contributed by atoms with Gasteiger partial charge in [0.2, 0.25) is 10.0 Å². The third kappa shape index (κ3) is 5.02. The number of nitrogens with zero attached hydrogens (tertiary/aromatic N) is 2. The van der Waals surface area contributed by atoms with Gasteiger partial charge >= 0.3 is 0 Å². The zero-order valence-corrected chi connectivity index (χ0v) is 16.9. The molecule has 2 atom stereocenters. The molecule has 0 aliphatic heterocycles. The topological polar surface area (TPSA) is 76.3 Å². The number of benzene rings is 1. The van der Waals surface area contributed by atoms with E-state index in [9.17, 15) is 8.42 Å². The number of aromatic nitrogens is 1. The minimum absolute atomic E-state index is 0.284. The fourth-order valence-corrected chi connectivity index (χ4v) is 4.69. The highest BCUT2D eigenvalue weighted by atomic mass is 32.2. The van der Waals surface area contributed by atoms with E-state index in [1.54, 1.807) is 37.6 Å². The summed E-state index contributed by atoms with van der Waals surface area (Å²) in [6.07, 6.45) is 9.14. The number of sulfonamides is 1. The summed E-state index contributed by atoms with van der Waals surface area (Å²) in [5, 5.41) is 1.48. The summed E-state index contributed by atoms with van der Waals surface area (Å²) in [5.74, 6) is 0.662. The molecule has 0 radical (unpaired) electrons. The molecule has 2 N–H and O–H groups in total. The Morgan fingerprint density at radius 3 is 2.62 bits per heavy atom. The predicted molar refractivity (Wildman–Crippen MR) is 107 cm³/mol. The Balaban J connectivity index is 2.06. The molecule has 6 heteroatoms. The van der Waals surface area contributed by atoms with E-state index < -0.39 is 16.2 Å². The van der Waals surface area contributed by atoms with Gasteiger partial charge in [0.15, 0.2) is 0 Å². The molecule has 0 bridgehead atoms. The maximum atomic E-state index is 13.1. The Hall–Kier alpha value is -1.50. The zero-order valence-electron chi connectivity index (χ0n) is 16.1. The first-order chi connectivity index (χ1) is 12.4. The van der Waals surface area contributed by atoms with Crippen LogP contribution in [0.1, 0.15) is 52.4 Å². The van der Waals surface area contributed by atoms with Crippen LogP contribution in [-0.2, 0) is 10.0 Å². The van der Waals surface area contributed by atoms with Crippen LogP contribution >= 0.6 is 0 Å². The first-order valence-electron chi connectivity index (χ1n) is 9.44. The molecule has 0 aliphatic rings. The van der Waals surface area contributed by atoms with Crippen molar-refractivity contribution < 1.29 is 8.42 Å². The molecule has 2 aromatic rings. The molecular formula is C20H31N3O2S. The van der Waals surface area contributed by atoms with Crippen LogP contribution in [0.4, 0.5) is 0 Å². The highest BCUT2D eigenvalue weighted by Gasteiger charge is 2.27. The fraction of sp³-hybridized carbons (Fsp3) is 0.550. The molecule has 5 nitrogen and oxygen atoms in total. The molecule has 2 rings (SSSR count). The highest BCUT2D eigenvalue weighted by Crippen LogP contribution is 2.26. The van der Waals surface area contributed by atoms with Crippen LogP contribution in [-0.4, -0.2) is 30.9 Å². The molecule has 1 heterocycles. The second kappa shape index (κ2) is 9.44. The lowest BCUT2D eigenvalue weighted by Gasteiger charge is -2.25. The van der Waals surface area contributed by atoms with E-state index in [0.29, 0.717) is 17.7 Å². The lowest BCUT2D eigenvalue weighted by atomic mass is 9.98. The maximum Gasteiger partial charge on any atom is 0.244 e. The van der Waals surface area contributed by atoms with Crippen molar-refractivity contribution in [3.8, 4) is 0 Å². The molecule has 1 aromatic heterocycles. The van der Waals surface area contributed by atoms with Gasteiger partial charge in [-0.3, -0.25) is 4.98 Å². The normalized spacial score (nSPS) is 14.7. The molecule has 0 saturated heterocycles. The number of pyridine rings is 1. The summed E-state index contributed by atoms with van der Waals surface area (Å²) in [5.41, 5.74) is 6.21. The van der Waals surface area contributed by atoms with E-state index in [1.165, 1.54) is 23.6 Å². The summed E-state index contributed by atoms with van der Waals surface area (Å²) in [6, 6.07) is 6.97. The van der Waals surface area contributed by atoms with Crippen LogP contribution in [0, 0.1) is 5.92 Å². The molecule has 0 spiro atoms. The third-order valence-corrected chi connectivity index (χ3v) is 6.95. The quantitative estimate of drug-likeness (QED) is 0.631. The summed E-state index contributed by atoms with van der Waals surface area (Å²) < 4.78 is 27.4. The molecule has 26 heavy (non-hydrogen) atoms. The number of fused-ring (bicyclic) bond motifs is 1. The monoisotopic (exact) mass is 377 g/mol. The van der Waals surface area contributed by atoms with Crippen molar-refractivity contribution >= 4 is 20.8 Å². The predicted octanol–water partition coefficient (Wildman–Crippen LogP) is 4.14. The Kier molecular flexibility index (Phi) is 7.55. The van der Waals surface area contributed by atoms with Crippen LogP contribution in [0.15, 0.2) is 41.6 Å². The molecule has 0 aliphatic carbocycles. The van der Waals surface area contributed by atoms with Gasteiger partial charge in [-0.1, -0.05) is 58.1 Å². The first-order valence-corrected chi connectivity index (χ1v) is 10.9. The summed E-state index contributed by atoms with van der Waals surface area (Å²) >= 11 is 0. The number of hydrogen-bond donors (Lipinski definition) is 1. The van der Waals surface area contributed by atoms with Crippen molar-refractivity contribution in [2.24, 2.45) is 11.7 Å². The van der Waals surface area contributed by atoms with Crippen LogP contribution in [0.3, 0.4) is 0 Å². The minimum Gasteiger partial charge on any atom is -0.315 e. The molecule has 2 unspecified atom stereocenters. The van der Waals surface area contributed by atoms with Crippen molar-refractivity contribution in [1.82, 2.24) is 9.29 Å². The molecular weight excluding hydrogens is 346 g/mol. The van der Waals surface area contributed by atoms with Gasteiger partial charge in [-0.15, -0.1) is 0 Å². The van der Waals surface area contributed by atoms with Gasteiger partial charge in [0.25, 0.3) is 0 Å². The number of nitrogens with two attached hydrogens (primary N) is 1. The van der Waals surface area contributed by atoms with Crippen molar-refractivity contribution in [2.45, 2.75) is 63.4 Å². The Morgan fingerprint density at radius 2 is 1.88 bits per heavy atom. The lowest BCUT2D eigenvalue weighted by molar-refractivity contribution is 0.335. The van der Waals surface area contributed by atoms with Crippen molar-refractivity contribution in [3.63, 3.8) is 0 Å². The maximum absolute atomic E-state index is 13.1. The van der Waals surface area contributed by atoms with Crippen molar-refractivity contribution in [3.05, 3.63) is 36.7 Å². The SMILES string of the molecule is CCCCC(C)CCCC(N)N(C)S(=O)(=O)c1cccc2cnccc12. The van der Waals surface area contributed by atoms with Gasteiger partial charge in [-0.2, -0.15) is 4.31 Å². The van der Waals surface area contributed by atoms with E-state index in [1.807, 2.05) is 6.07 Å². The van der Waals surface area contributed by atoms with Crippen molar-refractivity contribution in [1.29, 1.82) is 0 Å². The van der Waals surface area contributed by atoms with E-state index >= 15 is 0 Å². The van der Waals surface area contributed by atoms with E-state index in [2.05, 4.69) is 18.8 Å². The Morgan fingerprint density at radius 1 is 1.15 bits per heavy atom. The molecule has 0 saturated carbocycles. The second-order valence-corrected chi connectivity index (χ2v) is 9.09. The molecule has 0 fully saturated rings. The van der Waals surface area contributed by atoms with Gasteiger partial charge in [0, 0.05) is 30.2 Å². The highest BCUT2D eigenvalue weighted by molar-refractivity contribution is 7.89. The van der Waals surface area contributed by atoms with Crippen LogP contribution < -0.4 is 5.73 Å². The zero-order chi connectivity index (χ0) is 19.2. The van der Waals surface area contributed by atoms with E-state index in [0.717, 1.165) is 18.2 Å². The van der Waals surface area contributed by atoms with Gasteiger partial charge < -0.3 is 5.73 Å². The van der Waals surface area contributed by atoms with Gasteiger partial charge in [-0.25, -0.2) is 8.42 Å². The summed E-state index contributed by atoms with van der Waals surface area (Å²) in [7, 11) is -2.08. The first kappa shape index (κ1) is 20.8. The van der Waals surface area contributed by atoms with E-state index in [4.69, 9.17) is 5.73 Å². The Labute approximate surface area is 157 Å². The van der Waals surface area contributed by atoms with Gasteiger partial charge in [0.05, 0.1) is 11.1 Å². The average molecular weight is 378 g/mol. The number of unbranched alkanes of at least 4 members (excludes halogenated alkanes) is 1. The largest absolute Gasteiger partial charge is 0.315 e. The van der Waals surface area contributed by atoms with Gasteiger partial charge in [0.1, 0.15) is 0 Å². The van der Waals surface area contributed by atoms with Crippen molar-refractivity contribution in [2.75, 3.05) is 7.05 Å². The smallest absolute Gasteiger partial charge is 0.244 e. The number of rotatable bonds is 10. The van der Waals surface area contributed by atoms with Crippen LogP contribution in [0.5, 0.6) is 0 Å². The summed E-state index contributed by atoms with van der Waals surface area (Å²) in [4.78, 5) is 4.34. The van der Waals surface area contributed by atoms with Crippen LogP contribution in [0.25, 0.3) is 10.8 Å². The van der Waals surface area contributed by atoms with E-state index in [-0.39, 0.29) is 4.90 Å². The third-order valence-electron chi connectivity index (χ3n) is 5.01. The molecule has 1 aromatic carbocycles. The second-order valence-electron chi connectivity index (χ2n) is 7.12. The fourth-order valence-electron chi connectivity index (χ4n) is 3.21. The lowest BCUT2D eigenvalue weighted by Crippen LogP contribution is -2.43. The molecule has 144 valence electrons.